The summed E-state index contributed by atoms with van der Waals surface area (Å²) in [5, 5.41) is 0.648. The van der Waals surface area contributed by atoms with Crippen molar-refractivity contribution in [2.75, 3.05) is 13.1 Å². The van der Waals surface area contributed by atoms with Gasteiger partial charge in [-0.2, -0.15) is 0 Å². The molecule has 0 bridgehead atoms. The van der Waals surface area contributed by atoms with Gasteiger partial charge in [0, 0.05) is 35.3 Å². The first-order valence-corrected chi connectivity index (χ1v) is 11.4. The summed E-state index contributed by atoms with van der Waals surface area (Å²) in [6, 6.07) is 21.2. The van der Waals surface area contributed by atoms with E-state index in [1.165, 1.54) is 0 Å². The lowest BCUT2D eigenvalue weighted by Gasteiger charge is -2.30. The van der Waals surface area contributed by atoms with Crippen LogP contribution in [0.3, 0.4) is 0 Å². The van der Waals surface area contributed by atoms with Crippen LogP contribution in [-0.4, -0.2) is 38.4 Å². The maximum Gasteiger partial charge on any atom is 0.253 e. The van der Waals surface area contributed by atoms with Gasteiger partial charge in [-0.25, -0.2) is 9.97 Å². The van der Waals surface area contributed by atoms with Crippen molar-refractivity contribution in [1.29, 1.82) is 0 Å². The Labute approximate surface area is 195 Å². The van der Waals surface area contributed by atoms with E-state index in [0.29, 0.717) is 23.7 Å². The number of imidazole rings is 1. The molecular formula is C26H21ClN4O2. The predicted octanol–water partition coefficient (Wildman–Crippen LogP) is 5.84. The molecule has 0 radical (unpaired) electrons. The van der Waals surface area contributed by atoms with E-state index in [1.54, 1.807) is 6.07 Å². The number of rotatable bonds is 3. The highest BCUT2D eigenvalue weighted by molar-refractivity contribution is 6.31. The van der Waals surface area contributed by atoms with Crippen molar-refractivity contribution in [2.45, 2.75) is 18.8 Å². The average Bonchev–Trinajstić information content (AvgIpc) is 3.48. The molecule has 1 saturated heterocycles. The second kappa shape index (κ2) is 8.05. The van der Waals surface area contributed by atoms with Gasteiger partial charge in [-0.05, 0) is 67.4 Å². The number of para-hydroxylation sites is 2. The Morgan fingerprint density at radius 2 is 1.76 bits per heavy atom. The number of carbonyl (C=O) groups is 1. The number of piperidine rings is 1. The number of oxazole rings is 1. The number of nitrogens with zero attached hydrogens (tertiary/aromatic N) is 4. The molecule has 7 heteroatoms. The molecule has 3 aromatic carbocycles. The molecule has 0 aliphatic carbocycles. The predicted molar refractivity (Wildman–Crippen MR) is 128 cm³/mol. The van der Waals surface area contributed by atoms with E-state index in [9.17, 15) is 4.79 Å². The van der Waals surface area contributed by atoms with Gasteiger partial charge in [-0.3, -0.25) is 9.36 Å². The number of carbonyl (C=O) groups excluding carboxylic acids is 1. The molecule has 2 aromatic heterocycles. The SMILES string of the molecule is O=C(c1ccc(-n2cnc3ccccc32)cc1)N1CCC(c2nc3cc(Cl)ccc3o2)CC1. The molecule has 0 saturated carbocycles. The normalized spacial score (nSPS) is 14.9. The molecule has 1 aliphatic heterocycles. The molecule has 1 aliphatic rings. The first-order valence-electron chi connectivity index (χ1n) is 11.0. The highest BCUT2D eigenvalue weighted by Crippen LogP contribution is 2.31. The number of hydrogen-bond donors (Lipinski definition) is 0. The maximum absolute atomic E-state index is 13.1. The number of aromatic nitrogens is 3. The quantitative estimate of drug-likeness (QED) is 0.342. The smallest absolute Gasteiger partial charge is 0.253 e. The Balaban J connectivity index is 1.14. The molecule has 3 heterocycles. The summed E-state index contributed by atoms with van der Waals surface area (Å²) in [4.78, 5) is 24.1. The summed E-state index contributed by atoms with van der Waals surface area (Å²) in [5.41, 5.74) is 5.19. The Bertz CT molecular complexity index is 1460. The fourth-order valence-corrected chi connectivity index (χ4v) is 4.70. The molecule has 1 fully saturated rings. The summed E-state index contributed by atoms with van der Waals surface area (Å²) in [5.74, 6) is 0.994. The van der Waals surface area contributed by atoms with Crippen LogP contribution in [0.4, 0.5) is 0 Å². The molecule has 0 N–H and O–H groups in total. The number of amides is 1. The number of fused-ring (bicyclic) bond motifs is 2. The van der Waals surface area contributed by atoms with Gasteiger partial charge in [0.2, 0.25) is 0 Å². The van der Waals surface area contributed by atoms with E-state index < -0.39 is 0 Å². The zero-order chi connectivity index (χ0) is 22.4. The summed E-state index contributed by atoms with van der Waals surface area (Å²) in [6.07, 6.45) is 3.46. The van der Waals surface area contributed by atoms with E-state index in [2.05, 4.69) is 9.97 Å². The van der Waals surface area contributed by atoms with E-state index in [-0.39, 0.29) is 11.8 Å². The van der Waals surface area contributed by atoms with Crippen LogP contribution in [0, 0.1) is 0 Å². The molecule has 5 aromatic rings. The minimum Gasteiger partial charge on any atom is -0.440 e. The summed E-state index contributed by atoms with van der Waals surface area (Å²) >= 11 is 6.06. The van der Waals surface area contributed by atoms with Crippen LogP contribution in [0.5, 0.6) is 0 Å². The number of benzene rings is 3. The van der Waals surface area contributed by atoms with Crippen LogP contribution in [-0.2, 0) is 0 Å². The minimum atomic E-state index is 0.0554. The van der Waals surface area contributed by atoms with Crippen LogP contribution in [0.2, 0.25) is 5.02 Å². The van der Waals surface area contributed by atoms with Crippen LogP contribution in [0.25, 0.3) is 27.8 Å². The van der Waals surface area contributed by atoms with Crippen molar-refractivity contribution in [1.82, 2.24) is 19.4 Å². The van der Waals surface area contributed by atoms with E-state index >= 15 is 0 Å². The third-order valence-electron chi connectivity index (χ3n) is 6.34. The molecule has 0 atom stereocenters. The number of likely N-dealkylation sites (tertiary alicyclic amines) is 1. The molecule has 33 heavy (non-hydrogen) atoms. The monoisotopic (exact) mass is 456 g/mol. The largest absolute Gasteiger partial charge is 0.440 e. The highest BCUT2D eigenvalue weighted by atomic mass is 35.5. The van der Waals surface area contributed by atoms with Crippen molar-refractivity contribution in [3.63, 3.8) is 0 Å². The zero-order valence-corrected chi connectivity index (χ0v) is 18.6. The highest BCUT2D eigenvalue weighted by Gasteiger charge is 2.27. The number of hydrogen-bond acceptors (Lipinski definition) is 4. The minimum absolute atomic E-state index is 0.0554. The first kappa shape index (κ1) is 20.0. The Kier molecular flexibility index (Phi) is 4.88. The van der Waals surface area contributed by atoms with Crippen molar-refractivity contribution in [3.05, 3.63) is 89.5 Å². The van der Waals surface area contributed by atoms with E-state index in [1.807, 2.05) is 76.5 Å². The van der Waals surface area contributed by atoms with Crippen LogP contribution < -0.4 is 0 Å². The third-order valence-corrected chi connectivity index (χ3v) is 6.58. The Hall–Kier alpha value is -3.64. The second-order valence-corrected chi connectivity index (χ2v) is 8.82. The molecule has 6 rings (SSSR count). The van der Waals surface area contributed by atoms with Gasteiger partial charge < -0.3 is 9.32 Å². The summed E-state index contributed by atoms with van der Waals surface area (Å²) < 4.78 is 7.97. The maximum atomic E-state index is 13.1. The van der Waals surface area contributed by atoms with Gasteiger partial charge in [0.15, 0.2) is 11.5 Å². The molecule has 164 valence electrons. The Morgan fingerprint density at radius 1 is 0.970 bits per heavy atom. The standard InChI is InChI=1S/C26H21ClN4O2/c27-19-7-10-24-22(15-19)29-25(33-24)17-11-13-30(14-12-17)26(32)18-5-8-20(9-6-18)31-16-28-21-3-1-2-4-23(21)31/h1-10,15-17H,11-14H2. The third kappa shape index (κ3) is 3.66. The summed E-state index contributed by atoms with van der Waals surface area (Å²) in [6.45, 7) is 1.35. The van der Waals surface area contributed by atoms with Crippen molar-refractivity contribution in [3.8, 4) is 5.69 Å². The van der Waals surface area contributed by atoms with Gasteiger partial charge in [-0.15, -0.1) is 0 Å². The van der Waals surface area contributed by atoms with Crippen molar-refractivity contribution >= 4 is 39.6 Å². The fourth-order valence-electron chi connectivity index (χ4n) is 4.53. The lowest BCUT2D eigenvalue weighted by Crippen LogP contribution is -2.38. The Morgan fingerprint density at radius 3 is 2.58 bits per heavy atom. The molecule has 0 spiro atoms. The lowest BCUT2D eigenvalue weighted by atomic mass is 9.96. The van der Waals surface area contributed by atoms with Gasteiger partial charge in [0.05, 0.1) is 11.0 Å². The number of halogens is 1. The lowest BCUT2D eigenvalue weighted by molar-refractivity contribution is 0.0706. The summed E-state index contributed by atoms with van der Waals surface area (Å²) in [7, 11) is 0. The second-order valence-electron chi connectivity index (χ2n) is 8.38. The van der Waals surface area contributed by atoms with E-state index in [4.69, 9.17) is 16.0 Å². The van der Waals surface area contributed by atoms with Gasteiger partial charge >= 0.3 is 0 Å². The van der Waals surface area contributed by atoms with Gasteiger partial charge in [0.1, 0.15) is 11.8 Å². The van der Waals surface area contributed by atoms with Crippen LogP contribution in [0.1, 0.15) is 35.0 Å². The molecule has 1 amide bonds. The average molecular weight is 457 g/mol. The van der Waals surface area contributed by atoms with E-state index in [0.717, 1.165) is 46.6 Å². The molecular weight excluding hydrogens is 436 g/mol. The molecule has 0 unspecified atom stereocenters. The van der Waals surface area contributed by atoms with Gasteiger partial charge in [-0.1, -0.05) is 23.7 Å². The topological polar surface area (TPSA) is 64.2 Å². The molecule has 6 nitrogen and oxygen atoms in total. The van der Waals surface area contributed by atoms with Crippen LogP contribution >= 0.6 is 11.6 Å². The van der Waals surface area contributed by atoms with Crippen LogP contribution in [0.15, 0.2) is 77.5 Å². The van der Waals surface area contributed by atoms with Gasteiger partial charge in [0.25, 0.3) is 5.91 Å². The van der Waals surface area contributed by atoms with Crippen molar-refractivity contribution in [2.24, 2.45) is 0 Å². The fraction of sp³-hybridized carbons (Fsp3) is 0.192. The van der Waals surface area contributed by atoms with Crippen molar-refractivity contribution < 1.29 is 9.21 Å². The zero-order valence-electron chi connectivity index (χ0n) is 17.8. The first-order chi connectivity index (χ1) is 16.2.